The van der Waals surface area contributed by atoms with Crippen molar-refractivity contribution in [2.75, 3.05) is 5.32 Å². The fraction of sp³-hybridized carbons (Fsp3) is 0.0625. The Morgan fingerprint density at radius 2 is 1.67 bits per heavy atom. The van der Waals surface area contributed by atoms with Crippen molar-refractivity contribution in [3.8, 4) is 11.8 Å². The van der Waals surface area contributed by atoms with E-state index in [1.165, 1.54) is 5.56 Å². The van der Waals surface area contributed by atoms with E-state index >= 15 is 0 Å². The van der Waals surface area contributed by atoms with E-state index in [9.17, 15) is 4.79 Å². The number of benzene rings is 2. The average Bonchev–Trinajstić information content (AvgIpc) is 2.39. The number of para-hydroxylation sites is 1. The van der Waals surface area contributed by atoms with E-state index in [0.29, 0.717) is 0 Å². The van der Waals surface area contributed by atoms with Crippen molar-refractivity contribution < 1.29 is 4.79 Å². The molecule has 0 atom stereocenters. The van der Waals surface area contributed by atoms with Crippen molar-refractivity contribution in [3.63, 3.8) is 0 Å². The summed E-state index contributed by atoms with van der Waals surface area (Å²) in [5, 5.41) is 2.71. The Morgan fingerprint density at radius 1 is 1.00 bits per heavy atom. The largest absolute Gasteiger partial charge is 0.315 e. The summed E-state index contributed by atoms with van der Waals surface area (Å²) in [4.78, 5) is 11.6. The van der Waals surface area contributed by atoms with Gasteiger partial charge in [-0.1, -0.05) is 41.8 Å². The fourth-order valence-electron chi connectivity index (χ4n) is 1.45. The standard InChI is InChI=1S/C16H13NO/c1-13-7-9-14(10-8-13)11-12-16(18)17-15-5-3-2-4-6-15/h2-10H,1H3,(H,17,18). The number of carbonyl (C=O) groups is 1. The van der Waals surface area contributed by atoms with Gasteiger partial charge in [0.1, 0.15) is 0 Å². The molecule has 0 saturated carbocycles. The topological polar surface area (TPSA) is 29.1 Å². The predicted octanol–water partition coefficient (Wildman–Crippen LogP) is 2.99. The minimum atomic E-state index is -0.304. The molecule has 0 bridgehead atoms. The first-order valence-corrected chi connectivity index (χ1v) is 5.69. The third-order valence-corrected chi connectivity index (χ3v) is 2.40. The van der Waals surface area contributed by atoms with Gasteiger partial charge in [-0.25, -0.2) is 0 Å². The number of rotatable bonds is 1. The molecule has 2 nitrogen and oxygen atoms in total. The maximum atomic E-state index is 11.6. The molecule has 0 unspecified atom stereocenters. The lowest BCUT2D eigenvalue weighted by Gasteiger charge is -1.98. The minimum absolute atomic E-state index is 0.304. The quantitative estimate of drug-likeness (QED) is 0.756. The zero-order valence-electron chi connectivity index (χ0n) is 10.1. The maximum absolute atomic E-state index is 11.6. The van der Waals surface area contributed by atoms with Gasteiger partial charge in [0.15, 0.2) is 0 Å². The smallest absolute Gasteiger partial charge is 0.300 e. The molecule has 0 aromatic heterocycles. The highest BCUT2D eigenvalue weighted by Crippen LogP contribution is 2.04. The van der Waals surface area contributed by atoms with Crippen LogP contribution >= 0.6 is 0 Å². The molecule has 1 N–H and O–H groups in total. The van der Waals surface area contributed by atoms with E-state index in [2.05, 4.69) is 17.2 Å². The molecule has 2 aromatic carbocycles. The number of amides is 1. The highest BCUT2D eigenvalue weighted by atomic mass is 16.1. The van der Waals surface area contributed by atoms with Gasteiger partial charge in [-0.15, -0.1) is 0 Å². The molecule has 0 fully saturated rings. The van der Waals surface area contributed by atoms with Crippen LogP contribution in [0.5, 0.6) is 0 Å². The van der Waals surface area contributed by atoms with E-state index in [0.717, 1.165) is 11.3 Å². The molecule has 0 aliphatic heterocycles. The van der Waals surface area contributed by atoms with Crippen molar-refractivity contribution in [2.45, 2.75) is 6.92 Å². The van der Waals surface area contributed by atoms with Gasteiger partial charge in [-0.05, 0) is 31.2 Å². The summed E-state index contributed by atoms with van der Waals surface area (Å²) < 4.78 is 0. The molecule has 0 aliphatic carbocycles. The molecule has 0 heterocycles. The Morgan fingerprint density at radius 3 is 2.33 bits per heavy atom. The summed E-state index contributed by atoms with van der Waals surface area (Å²) in [6.07, 6.45) is 0. The lowest BCUT2D eigenvalue weighted by molar-refractivity contribution is -0.111. The Balaban J connectivity index is 2.02. The van der Waals surface area contributed by atoms with Crippen LogP contribution < -0.4 is 5.32 Å². The van der Waals surface area contributed by atoms with Crippen molar-refractivity contribution in [2.24, 2.45) is 0 Å². The number of anilines is 1. The highest BCUT2D eigenvalue weighted by Gasteiger charge is 1.95. The van der Waals surface area contributed by atoms with E-state index < -0.39 is 0 Å². The molecule has 2 heteroatoms. The first kappa shape index (κ1) is 11.9. The Labute approximate surface area is 107 Å². The normalized spacial score (nSPS) is 9.17. The first-order chi connectivity index (χ1) is 8.74. The summed E-state index contributed by atoms with van der Waals surface area (Å²) in [6, 6.07) is 17.0. The van der Waals surface area contributed by atoms with Gasteiger partial charge in [0.05, 0.1) is 0 Å². The lowest BCUT2D eigenvalue weighted by Crippen LogP contribution is -2.08. The van der Waals surface area contributed by atoms with Crippen LogP contribution in [0.15, 0.2) is 54.6 Å². The van der Waals surface area contributed by atoms with Crippen LogP contribution in [0.3, 0.4) is 0 Å². The summed E-state index contributed by atoms with van der Waals surface area (Å²) >= 11 is 0. The van der Waals surface area contributed by atoms with Crippen LogP contribution in [-0.4, -0.2) is 5.91 Å². The van der Waals surface area contributed by atoms with Crippen LogP contribution in [0, 0.1) is 18.8 Å². The number of nitrogens with one attached hydrogen (secondary N) is 1. The van der Waals surface area contributed by atoms with Crippen LogP contribution in [-0.2, 0) is 4.79 Å². The summed E-state index contributed by atoms with van der Waals surface area (Å²) in [7, 11) is 0. The highest BCUT2D eigenvalue weighted by molar-refractivity contribution is 6.04. The van der Waals surface area contributed by atoms with Gasteiger partial charge in [-0.2, -0.15) is 0 Å². The zero-order valence-corrected chi connectivity index (χ0v) is 10.1. The van der Waals surface area contributed by atoms with Crippen molar-refractivity contribution in [3.05, 3.63) is 65.7 Å². The summed E-state index contributed by atoms with van der Waals surface area (Å²) in [5.41, 5.74) is 2.76. The molecule has 0 radical (unpaired) electrons. The Hall–Kier alpha value is -2.53. The maximum Gasteiger partial charge on any atom is 0.300 e. The molecular formula is C16H13NO. The molecule has 88 valence electrons. The molecule has 1 amide bonds. The fourth-order valence-corrected chi connectivity index (χ4v) is 1.45. The van der Waals surface area contributed by atoms with Gasteiger partial charge < -0.3 is 5.32 Å². The third-order valence-electron chi connectivity index (χ3n) is 2.40. The number of aryl methyl sites for hydroxylation is 1. The number of carbonyl (C=O) groups excluding carboxylic acids is 1. The predicted molar refractivity (Wildman–Crippen MR) is 73.1 cm³/mol. The average molecular weight is 235 g/mol. The third kappa shape index (κ3) is 3.50. The van der Waals surface area contributed by atoms with E-state index in [-0.39, 0.29) is 5.91 Å². The van der Waals surface area contributed by atoms with E-state index in [4.69, 9.17) is 0 Å². The summed E-state index contributed by atoms with van der Waals surface area (Å²) in [5.74, 6) is 5.09. The van der Waals surface area contributed by atoms with Gasteiger partial charge >= 0.3 is 5.91 Å². The molecule has 2 aromatic rings. The van der Waals surface area contributed by atoms with Gasteiger partial charge in [0.25, 0.3) is 0 Å². The van der Waals surface area contributed by atoms with Crippen LogP contribution in [0.25, 0.3) is 0 Å². The molecule has 18 heavy (non-hydrogen) atoms. The Kier molecular flexibility index (Phi) is 3.78. The monoisotopic (exact) mass is 235 g/mol. The summed E-state index contributed by atoms with van der Waals surface area (Å²) in [6.45, 7) is 2.01. The number of hydrogen-bond donors (Lipinski definition) is 1. The lowest BCUT2D eigenvalue weighted by atomic mass is 10.1. The second-order valence-electron chi connectivity index (χ2n) is 3.94. The van der Waals surface area contributed by atoms with Crippen molar-refractivity contribution >= 4 is 11.6 Å². The second kappa shape index (κ2) is 5.70. The molecule has 0 spiro atoms. The van der Waals surface area contributed by atoms with E-state index in [1.54, 1.807) is 0 Å². The second-order valence-corrected chi connectivity index (χ2v) is 3.94. The number of hydrogen-bond acceptors (Lipinski definition) is 1. The van der Waals surface area contributed by atoms with Crippen LogP contribution in [0.4, 0.5) is 5.69 Å². The van der Waals surface area contributed by atoms with E-state index in [1.807, 2.05) is 61.5 Å². The van der Waals surface area contributed by atoms with Gasteiger partial charge in [-0.3, -0.25) is 4.79 Å². The minimum Gasteiger partial charge on any atom is -0.315 e. The van der Waals surface area contributed by atoms with Crippen molar-refractivity contribution in [1.82, 2.24) is 0 Å². The molecule has 0 aliphatic rings. The zero-order chi connectivity index (χ0) is 12.8. The first-order valence-electron chi connectivity index (χ1n) is 5.69. The SMILES string of the molecule is Cc1ccc(C#CC(=O)Nc2ccccc2)cc1. The Bertz CT molecular complexity index is 588. The van der Waals surface area contributed by atoms with Gasteiger partial charge in [0, 0.05) is 17.2 Å². The van der Waals surface area contributed by atoms with Crippen LogP contribution in [0.2, 0.25) is 0 Å². The van der Waals surface area contributed by atoms with Crippen LogP contribution in [0.1, 0.15) is 11.1 Å². The van der Waals surface area contributed by atoms with Gasteiger partial charge in [0.2, 0.25) is 0 Å². The molecule has 0 saturated heterocycles. The molecular weight excluding hydrogens is 222 g/mol. The molecule has 2 rings (SSSR count). The van der Waals surface area contributed by atoms with Crippen molar-refractivity contribution in [1.29, 1.82) is 0 Å².